The van der Waals surface area contributed by atoms with Crippen molar-refractivity contribution in [1.29, 1.82) is 0 Å². The van der Waals surface area contributed by atoms with Crippen LogP contribution in [0.25, 0.3) is 0 Å². The Morgan fingerprint density at radius 2 is 1.62 bits per heavy atom. The molecule has 29 heavy (non-hydrogen) atoms. The van der Waals surface area contributed by atoms with Gasteiger partial charge in [-0.05, 0) is 31.5 Å². The van der Waals surface area contributed by atoms with E-state index in [-0.39, 0.29) is 23.8 Å². The van der Waals surface area contributed by atoms with Gasteiger partial charge in [0, 0.05) is 43.9 Å². The van der Waals surface area contributed by atoms with Gasteiger partial charge in [0.25, 0.3) is 5.91 Å². The SMILES string of the molecule is C[C@@H]1CN(C(=O)COc2cc(F)c(F)cc2F)[C@@H](C)CN1Cc1ccc(F)cc1. The second-order valence-corrected chi connectivity index (χ2v) is 7.29. The average Bonchev–Trinajstić information content (AvgIpc) is 2.67. The van der Waals surface area contributed by atoms with Gasteiger partial charge in [-0.2, -0.15) is 0 Å². The Morgan fingerprint density at radius 3 is 2.31 bits per heavy atom. The van der Waals surface area contributed by atoms with Gasteiger partial charge >= 0.3 is 0 Å². The zero-order valence-electron chi connectivity index (χ0n) is 16.2. The molecule has 4 nitrogen and oxygen atoms in total. The minimum Gasteiger partial charge on any atom is -0.481 e. The molecule has 2 aromatic carbocycles. The molecule has 1 aliphatic rings. The molecule has 1 saturated heterocycles. The fraction of sp³-hybridized carbons (Fsp3) is 0.381. The minimum atomic E-state index is -1.32. The molecule has 1 heterocycles. The molecule has 2 atom stereocenters. The molecule has 0 saturated carbocycles. The van der Waals surface area contributed by atoms with Gasteiger partial charge in [0.05, 0.1) is 0 Å². The van der Waals surface area contributed by atoms with Crippen LogP contribution in [0.1, 0.15) is 19.4 Å². The maximum Gasteiger partial charge on any atom is 0.260 e. The third-order valence-electron chi connectivity index (χ3n) is 5.06. The van der Waals surface area contributed by atoms with Gasteiger partial charge in [0.15, 0.2) is 29.8 Å². The monoisotopic (exact) mass is 410 g/mol. The number of hydrogen-bond acceptors (Lipinski definition) is 3. The van der Waals surface area contributed by atoms with Crippen LogP contribution >= 0.6 is 0 Å². The van der Waals surface area contributed by atoms with Crippen molar-refractivity contribution < 1.29 is 27.1 Å². The van der Waals surface area contributed by atoms with Crippen LogP contribution in [-0.2, 0) is 11.3 Å². The number of piperazine rings is 1. The summed E-state index contributed by atoms with van der Waals surface area (Å²) in [5, 5.41) is 0. The van der Waals surface area contributed by atoms with Crippen LogP contribution in [0, 0.1) is 23.3 Å². The van der Waals surface area contributed by atoms with E-state index in [0.29, 0.717) is 31.8 Å². The van der Waals surface area contributed by atoms with Crippen LogP contribution < -0.4 is 4.74 Å². The number of rotatable bonds is 5. The molecule has 3 rings (SSSR count). The van der Waals surface area contributed by atoms with E-state index in [1.807, 2.05) is 13.8 Å². The number of hydrogen-bond donors (Lipinski definition) is 0. The van der Waals surface area contributed by atoms with Gasteiger partial charge in [-0.1, -0.05) is 12.1 Å². The molecular formula is C21H22F4N2O2. The lowest BCUT2D eigenvalue weighted by molar-refractivity contribution is -0.139. The van der Waals surface area contributed by atoms with Crippen molar-refractivity contribution >= 4 is 5.91 Å². The quantitative estimate of drug-likeness (QED) is 0.556. The van der Waals surface area contributed by atoms with E-state index in [2.05, 4.69) is 4.90 Å². The highest BCUT2D eigenvalue weighted by molar-refractivity contribution is 5.78. The maximum atomic E-state index is 13.7. The van der Waals surface area contributed by atoms with E-state index >= 15 is 0 Å². The molecule has 0 aliphatic carbocycles. The van der Waals surface area contributed by atoms with E-state index in [4.69, 9.17) is 4.74 Å². The lowest BCUT2D eigenvalue weighted by atomic mass is 10.1. The lowest BCUT2D eigenvalue weighted by Gasteiger charge is -2.44. The van der Waals surface area contributed by atoms with Gasteiger partial charge in [-0.15, -0.1) is 0 Å². The molecule has 1 amide bonds. The number of ether oxygens (including phenoxy) is 1. The van der Waals surface area contributed by atoms with Crippen LogP contribution in [0.15, 0.2) is 36.4 Å². The molecule has 1 aliphatic heterocycles. The van der Waals surface area contributed by atoms with Crippen LogP contribution in [0.4, 0.5) is 17.6 Å². The molecule has 0 aromatic heterocycles. The van der Waals surface area contributed by atoms with E-state index in [9.17, 15) is 22.4 Å². The average molecular weight is 410 g/mol. The van der Waals surface area contributed by atoms with E-state index in [1.54, 1.807) is 17.0 Å². The zero-order chi connectivity index (χ0) is 21.1. The standard InChI is InChI=1S/C21H22F4N2O2/c1-13-10-27(14(2)9-26(13)11-15-3-5-16(22)6-4-15)21(28)12-29-20-8-18(24)17(23)7-19(20)25/h3-8,13-14H,9-12H2,1-2H3/t13-,14+/m1/s1. The highest BCUT2D eigenvalue weighted by Crippen LogP contribution is 2.22. The van der Waals surface area contributed by atoms with Crippen LogP contribution in [0.5, 0.6) is 5.75 Å². The Morgan fingerprint density at radius 1 is 0.966 bits per heavy atom. The zero-order valence-corrected chi connectivity index (χ0v) is 16.2. The molecule has 0 N–H and O–H groups in total. The van der Waals surface area contributed by atoms with Crippen LogP contribution in [0.3, 0.4) is 0 Å². The Hall–Kier alpha value is -2.61. The van der Waals surface area contributed by atoms with Crippen molar-refractivity contribution in [1.82, 2.24) is 9.80 Å². The predicted molar refractivity (Wildman–Crippen MR) is 99.3 cm³/mol. The molecule has 2 aromatic rings. The molecule has 0 radical (unpaired) electrons. The number of carbonyl (C=O) groups is 1. The summed E-state index contributed by atoms with van der Waals surface area (Å²) in [5.74, 6) is -4.79. The molecule has 8 heteroatoms. The van der Waals surface area contributed by atoms with E-state index in [0.717, 1.165) is 5.56 Å². The van der Waals surface area contributed by atoms with Crippen LogP contribution in [-0.4, -0.2) is 47.5 Å². The molecule has 156 valence electrons. The topological polar surface area (TPSA) is 32.8 Å². The normalized spacial score (nSPS) is 20.0. The molecule has 0 unspecified atom stereocenters. The van der Waals surface area contributed by atoms with Crippen molar-refractivity contribution in [2.45, 2.75) is 32.5 Å². The largest absolute Gasteiger partial charge is 0.481 e. The van der Waals surface area contributed by atoms with Gasteiger partial charge in [-0.3, -0.25) is 9.69 Å². The third-order valence-corrected chi connectivity index (χ3v) is 5.06. The fourth-order valence-corrected chi connectivity index (χ4v) is 3.43. The maximum absolute atomic E-state index is 13.7. The lowest BCUT2D eigenvalue weighted by Crippen LogP contribution is -2.58. The summed E-state index contributed by atoms with van der Waals surface area (Å²) in [4.78, 5) is 16.4. The first-order valence-electron chi connectivity index (χ1n) is 9.30. The van der Waals surface area contributed by atoms with Crippen molar-refractivity contribution in [2.75, 3.05) is 19.7 Å². The summed E-state index contributed by atoms with van der Waals surface area (Å²) in [7, 11) is 0. The Labute approximate surface area is 166 Å². The first kappa shape index (κ1) is 21.1. The summed E-state index contributed by atoms with van der Waals surface area (Å²) in [6, 6.07) is 7.18. The van der Waals surface area contributed by atoms with Crippen molar-refractivity contribution in [3.05, 3.63) is 65.2 Å². The summed E-state index contributed by atoms with van der Waals surface area (Å²) in [6.07, 6.45) is 0. The summed E-state index contributed by atoms with van der Waals surface area (Å²) < 4.78 is 58.1. The molecule has 1 fully saturated rings. The van der Waals surface area contributed by atoms with Crippen molar-refractivity contribution in [3.63, 3.8) is 0 Å². The third kappa shape index (κ3) is 5.06. The smallest absolute Gasteiger partial charge is 0.260 e. The Bertz CT molecular complexity index is 876. The Kier molecular flexibility index (Phi) is 6.42. The number of amides is 1. The number of halogens is 4. The van der Waals surface area contributed by atoms with Gasteiger partial charge in [-0.25, -0.2) is 17.6 Å². The number of carbonyl (C=O) groups excluding carboxylic acids is 1. The van der Waals surface area contributed by atoms with Gasteiger partial charge < -0.3 is 9.64 Å². The van der Waals surface area contributed by atoms with Gasteiger partial charge in [0.1, 0.15) is 5.82 Å². The first-order valence-corrected chi connectivity index (χ1v) is 9.30. The van der Waals surface area contributed by atoms with Crippen molar-refractivity contribution in [2.24, 2.45) is 0 Å². The molecular weight excluding hydrogens is 388 g/mol. The fourth-order valence-electron chi connectivity index (χ4n) is 3.43. The molecule has 0 bridgehead atoms. The highest BCUT2D eigenvalue weighted by atomic mass is 19.2. The summed E-state index contributed by atoms with van der Waals surface area (Å²) in [5.41, 5.74) is 0.974. The summed E-state index contributed by atoms with van der Waals surface area (Å²) >= 11 is 0. The Balaban J connectivity index is 1.58. The first-order chi connectivity index (χ1) is 13.7. The summed E-state index contributed by atoms with van der Waals surface area (Å²) in [6.45, 7) is 5.06. The predicted octanol–water partition coefficient (Wildman–Crippen LogP) is 3.74. The number of benzene rings is 2. The number of nitrogens with zero attached hydrogens (tertiary/aromatic N) is 2. The molecule has 0 spiro atoms. The van der Waals surface area contributed by atoms with E-state index < -0.39 is 29.8 Å². The minimum absolute atomic E-state index is 0.0419. The second kappa shape index (κ2) is 8.82. The van der Waals surface area contributed by atoms with Gasteiger partial charge in [0.2, 0.25) is 0 Å². The van der Waals surface area contributed by atoms with Crippen LogP contribution in [0.2, 0.25) is 0 Å². The van der Waals surface area contributed by atoms with Crippen molar-refractivity contribution in [3.8, 4) is 5.75 Å². The highest BCUT2D eigenvalue weighted by Gasteiger charge is 2.32. The second-order valence-electron chi connectivity index (χ2n) is 7.29. The van der Waals surface area contributed by atoms with E-state index in [1.165, 1.54) is 12.1 Å².